The molecule has 0 aliphatic heterocycles. The minimum Gasteiger partial charge on any atom is -0.311 e. The Labute approximate surface area is 95.3 Å². The minimum atomic E-state index is 0.562. The third kappa shape index (κ3) is 4.83. The molecule has 1 saturated carbocycles. The standard InChI is InChI=1S/C14H27N/c1-4-10-15-13(3)12(2)11-14-8-6-5-7-9-14/h11,13-15H,4-10H2,1-3H3. The Morgan fingerprint density at radius 3 is 2.60 bits per heavy atom. The van der Waals surface area contributed by atoms with Gasteiger partial charge in [-0.3, -0.25) is 0 Å². The van der Waals surface area contributed by atoms with Gasteiger partial charge >= 0.3 is 0 Å². The van der Waals surface area contributed by atoms with Gasteiger partial charge in [0.25, 0.3) is 0 Å². The molecule has 1 unspecified atom stereocenters. The van der Waals surface area contributed by atoms with E-state index in [0.29, 0.717) is 6.04 Å². The van der Waals surface area contributed by atoms with Crippen LogP contribution in [0, 0.1) is 5.92 Å². The third-order valence-electron chi connectivity index (χ3n) is 3.53. The molecule has 1 aliphatic rings. The topological polar surface area (TPSA) is 12.0 Å². The van der Waals surface area contributed by atoms with Crippen LogP contribution in [0.4, 0.5) is 0 Å². The molecule has 1 heteroatoms. The van der Waals surface area contributed by atoms with Gasteiger partial charge in [-0.25, -0.2) is 0 Å². The summed E-state index contributed by atoms with van der Waals surface area (Å²) in [7, 11) is 0. The zero-order valence-electron chi connectivity index (χ0n) is 10.7. The third-order valence-corrected chi connectivity index (χ3v) is 3.53. The fourth-order valence-electron chi connectivity index (χ4n) is 2.34. The molecule has 0 aromatic heterocycles. The Kier molecular flexibility index (Phi) is 6.00. The molecule has 0 heterocycles. The monoisotopic (exact) mass is 209 g/mol. The highest BCUT2D eigenvalue weighted by Gasteiger charge is 2.12. The molecular formula is C14H27N. The van der Waals surface area contributed by atoms with E-state index in [9.17, 15) is 0 Å². The van der Waals surface area contributed by atoms with Crippen molar-refractivity contribution in [2.45, 2.75) is 65.3 Å². The summed E-state index contributed by atoms with van der Waals surface area (Å²) < 4.78 is 0. The van der Waals surface area contributed by atoms with E-state index in [1.807, 2.05) is 0 Å². The second-order valence-electron chi connectivity index (χ2n) is 4.98. The van der Waals surface area contributed by atoms with Crippen LogP contribution >= 0.6 is 0 Å². The average molecular weight is 209 g/mol. The van der Waals surface area contributed by atoms with E-state index in [4.69, 9.17) is 0 Å². The molecule has 0 radical (unpaired) electrons. The molecule has 0 saturated heterocycles. The summed E-state index contributed by atoms with van der Waals surface area (Å²) in [5.74, 6) is 0.865. The zero-order valence-corrected chi connectivity index (χ0v) is 10.7. The molecule has 1 nitrogen and oxygen atoms in total. The van der Waals surface area contributed by atoms with Gasteiger partial charge in [0.15, 0.2) is 0 Å². The predicted molar refractivity (Wildman–Crippen MR) is 68.1 cm³/mol. The zero-order chi connectivity index (χ0) is 11.1. The first-order valence-electron chi connectivity index (χ1n) is 6.65. The van der Waals surface area contributed by atoms with E-state index in [1.54, 1.807) is 0 Å². The highest BCUT2D eigenvalue weighted by atomic mass is 14.9. The van der Waals surface area contributed by atoms with Crippen LogP contribution in [-0.4, -0.2) is 12.6 Å². The summed E-state index contributed by atoms with van der Waals surface area (Å²) in [6.45, 7) is 7.92. The molecule has 0 bridgehead atoms. The van der Waals surface area contributed by atoms with Gasteiger partial charge in [-0.05, 0) is 45.6 Å². The molecule has 1 rings (SSSR count). The maximum Gasteiger partial charge on any atom is 0.0248 e. The van der Waals surface area contributed by atoms with Crippen LogP contribution in [0.25, 0.3) is 0 Å². The minimum absolute atomic E-state index is 0.562. The first kappa shape index (κ1) is 12.8. The molecule has 1 N–H and O–H groups in total. The lowest BCUT2D eigenvalue weighted by atomic mass is 9.87. The molecule has 15 heavy (non-hydrogen) atoms. The summed E-state index contributed by atoms with van der Waals surface area (Å²) in [6.07, 6.45) is 10.9. The molecule has 88 valence electrons. The molecule has 0 amide bonds. The second kappa shape index (κ2) is 7.05. The van der Waals surface area contributed by atoms with Crippen LogP contribution in [0.3, 0.4) is 0 Å². The molecule has 1 atom stereocenters. The smallest absolute Gasteiger partial charge is 0.0248 e. The Morgan fingerprint density at radius 1 is 1.33 bits per heavy atom. The van der Waals surface area contributed by atoms with Crippen molar-refractivity contribution in [3.05, 3.63) is 11.6 Å². The van der Waals surface area contributed by atoms with Gasteiger partial charge in [-0.15, -0.1) is 0 Å². The first-order valence-corrected chi connectivity index (χ1v) is 6.65. The van der Waals surface area contributed by atoms with Gasteiger partial charge in [-0.2, -0.15) is 0 Å². The number of rotatable bonds is 5. The van der Waals surface area contributed by atoms with Crippen LogP contribution in [0.2, 0.25) is 0 Å². The van der Waals surface area contributed by atoms with E-state index in [1.165, 1.54) is 44.1 Å². The van der Waals surface area contributed by atoms with Gasteiger partial charge in [0.05, 0.1) is 0 Å². The van der Waals surface area contributed by atoms with Gasteiger partial charge in [0.2, 0.25) is 0 Å². The first-order chi connectivity index (χ1) is 7.24. The van der Waals surface area contributed by atoms with E-state index in [2.05, 4.69) is 32.2 Å². The van der Waals surface area contributed by atoms with Crippen LogP contribution in [-0.2, 0) is 0 Å². The van der Waals surface area contributed by atoms with E-state index in [-0.39, 0.29) is 0 Å². The van der Waals surface area contributed by atoms with Gasteiger partial charge in [0.1, 0.15) is 0 Å². The van der Waals surface area contributed by atoms with Crippen molar-refractivity contribution in [3.8, 4) is 0 Å². The normalized spacial score (nSPS) is 21.7. The number of nitrogens with one attached hydrogen (secondary N) is 1. The predicted octanol–water partition coefficient (Wildman–Crippen LogP) is 3.90. The number of allylic oxidation sites excluding steroid dienone is 1. The van der Waals surface area contributed by atoms with Crippen molar-refractivity contribution in [2.24, 2.45) is 5.92 Å². The Hall–Kier alpha value is -0.300. The van der Waals surface area contributed by atoms with Crippen molar-refractivity contribution in [1.29, 1.82) is 0 Å². The molecule has 0 aromatic carbocycles. The Morgan fingerprint density at radius 2 is 2.00 bits per heavy atom. The quantitative estimate of drug-likeness (QED) is 0.677. The lowest BCUT2D eigenvalue weighted by molar-refractivity contribution is 0.415. The number of hydrogen-bond acceptors (Lipinski definition) is 1. The van der Waals surface area contributed by atoms with Crippen molar-refractivity contribution in [3.63, 3.8) is 0 Å². The van der Waals surface area contributed by atoms with Crippen LogP contribution in [0.5, 0.6) is 0 Å². The Bertz CT molecular complexity index is 190. The van der Waals surface area contributed by atoms with Gasteiger partial charge in [-0.1, -0.05) is 37.8 Å². The van der Waals surface area contributed by atoms with Crippen molar-refractivity contribution < 1.29 is 0 Å². The molecule has 1 fully saturated rings. The summed E-state index contributed by atoms with van der Waals surface area (Å²) >= 11 is 0. The van der Waals surface area contributed by atoms with E-state index in [0.717, 1.165) is 12.5 Å². The van der Waals surface area contributed by atoms with Crippen LogP contribution < -0.4 is 5.32 Å². The largest absolute Gasteiger partial charge is 0.311 e. The summed E-state index contributed by atoms with van der Waals surface area (Å²) in [5.41, 5.74) is 1.54. The molecule has 0 spiro atoms. The molecular weight excluding hydrogens is 182 g/mol. The van der Waals surface area contributed by atoms with Crippen LogP contribution in [0.1, 0.15) is 59.3 Å². The second-order valence-corrected chi connectivity index (χ2v) is 4.98. The fraction of sp³-hybridized carbons (Fsp3) is 0.857. The van der Waals surface area contributed by atoms with E-state index >= 15 is 0 Å². The lowest BCUT2D eigenvalue weighted by Gasteiger charge is -2.21. The van der Waals surface area contributed by atoms with Crippen molar-refractivity contribution >= 4 is 0 Å². The average Bonchev–Trinajstić information content (AvgIpc) is 2.27. The fourth-order valence-corrected chi connectivity index (χ4v) is 2.34. The van der Waals surface area contributed by atoms with Gasteiger partial charge < -0.3 is 5.32 Å². The van der Waals surface area contributed by atoms with Crippen molar-refractivity contribution in [2.75, 3.05) is 6.54 Å². The Balaban J connectivity index is 2.35. The SMILES string of the molecule is CCCNC(C)C(C)=CC1CCCCC1. The van der Waals surface area contributed by atoms with Crippen molar-refractivity contribution in [1.82, 2.24) is 5.32 Å². The summed E-state index contributed by atoms with van der Waals surface area (Å²) in [6, 6.07) is 0.562. The summed E-state index contributed by atoms with van der Waals surface area (Å²) in [4.78, 5) is 0. The highest BCUT2D eigenvalue weighted by molar-refractivity contribution is 5.08. The highest BCUT2D eigenvalue weighted by Crippen LogP contribution is 2.26. The molecule has 1 aliphatic carbocycles. The van der Waals surface area contributed by atoms with E-state index < -0.39 is 0 Å². The van der Waals surface area contributed by atoms with Gasteiger partial charge in [0, 0.05) is 6.04 Å². The number of hydrogen-bond donors (Lipinski definition) is 1. The maximum absolute atomic E-state index is 3.55. The molecule has 0 aromatic rings. The van der Waals surface area contributed by atoms with Crippen LogP contribution in [0.15, 0.2) is 11.6 Å². The summed E-state index contributed by atoms with van der Waals surface area (Å²) in [5, 5.41) is 3.55. The maximum atomic E-state index is 3.55. The lowest BCUT2D eigenvalue weighted by Crippen LogP contribution is -2.28.